The molecule has 0 aliphatic carbocycles. The monoisotopic (exact) mass is 144 g/mol. The number of aliphatic hydroxyl groups excluding tert-OH is 1. The highest BCUT2D eigenvalue weighted by atomic mass is 16.8. The maximum absolute atomic E-state index is 10.3. The van der Waals surface area contributed by atoms with Crippen LogP contribution in [0.1, 0.15) is 0 Å². The molecule has 4 heteroatoms. The molecule has 0 aromatic rings. The van der Waals surface area contributed by atoms with Gasteiger partial charge in [-0.05, 0) is 0 Å². The van der Waals surface area contributed by atoms with Crippen LogP contribution >= 0.6 is 0 Å². The maximum atomic E-state index is 10.3. The van der Waals surface area contributed by atoms with Crippen molar-refractivity contribution in [1.29, 1.82) is 0 Å². The molecule has 1 aliphatic heterocycles. The van der Waals surface area contributed by atoms with E-state index in [2.05, 4.69) is 16.1 Å². The lowest BCUT2D eigenvalue weighted by molar-refractivity contribution is 0.0590. The van der Waals surface area contributed by atoms with Crippen molar-refractivity contribution in [2.24, 2.45) is 0 Å². The first-order valence-corrected chi connectivity index (χ1v) is 2.88. The lowest BCUT2D eigenvalue weighted by atomic mass is 10.2. The van der Waals surface area contributed by atoms with Crippen molar-refractivity contribution in [2.75, 3.05) is 6.61 Å². The molecule has 0 bridgehead atoms. The van der Waals surface area contributed by atoms with Crippen molar-refractivity contribution in [3.63, 3.8) is 0 Å². The standard InChI is InChI=1S/C6H8O4/c1-2-4(7)5-3-9-6(8)10-5/h2,4-5,7H,1,3H2. The van der Waals surface area contributed by atoms with E-state index in [-0.39, 0.29) is 6.61 Å². The Morgan fingerprint density at radius 1 is 1.90 bits per heavy atom. The smallest absolute Gasteiger partial charge is 0.430 e. The Labute approximate surface area is 58.1 Å². The molecule has 10 heavy (non-hydrogen) atoms. The molecular formula is C6H8O4. The van der Waals surface area contributed by atoms with E-state index in [0.717, 1.165) is 0 Å². The SMILES string of the molecule is C=CC(O)C1COC(=O)O1. The van der Waals surface area contributed by atoms with E-state index < -0.39 is 18.4 Å². The quantitative estimate of drug-likeness (QED) is 0.440. The summed E-state index contributed by atoms with van der Waals surface area (Å²) in [5.74, 6) is 0. The Kier molecular flexibility index (Phi) is 1.91. The molecule has 1 saturated heterocycles. The summed E-state index contributed by atoms with van der Waals surface area (Å²) in [6.07, 6.45) is -0.838. The van der Waals surface area contributed by atoms with Crippen molar-refractivity contribution in [3.8, 4) is 0 Å². The lowest BCUT2D eigenvalue weighted by Gasteiger charge is -2.08. The predicted octanol–water partition coefficient (Wildman–Crippen LogP) is 0.0687. The van der Waals surface area contributed by atoms with Gasteiger partial charge >= 0.3 is 6.16 Å². The molecule has 1 N–H and O–H groups in total. The minimum Gasteiger partial charge on any atom is -0.430 e. The molecule has 0 radical (unpaired) electrons. The maximum Gasteiger partial charge on any atom is 0.508 e. The molecule has 0 amide bonds. The summed E-state index contributed by atoms with van der Waals surface area (Å²) < 4.78 is 8.95. The summed E-state index contributed by atoms with van der Waals surface area (Å²) >= 11 is 0. The lowest BCUT2D eigenvalue weighted by Crippen LogP contribution is -2.25. The zero-order chi connectivity index (χ0) is 7.56. The highest BCUT2D eigenvalue weighted by Gasteiger charge is 2.29. The van der Waals surface area contributed by atoms with E-state index in [9.17, 15) is 4.79 Å². The molecule has 2 atom stereocenters. The van der Waals surface area contributed by atoms with E-state index in [1.807, 2.05) is 0 Å². The van der Waals surface area contributed by atoms with Gasteiger partial charge in [0.15, 0.2) is 6.10 Å². The Morgan fingerprint density at radius 3 is 3.00 bits per heavy atom. The minimum atomic E-state index is -0.827. The fourth-order valence-electron chi connectivity index (χ4n) is 0.662. The van der Waals surface area contributed by atoms with Gasteiger partial charge in [0.25, 0.3) is 0 Å². The Balaban J connectivity index is 2.43. The van der Waals surface area contributed by atoms with Crippen LogP contribution in [0.2, 0.25) is 0 Å². The first kappa shape index (κ1) is 7.08. The number of aliphatic hydroxyl groups is 1. The predicted molar refractivity (Wildman–Crippen MR) is 32.4 cm³/mol. The Bertz CT molecular complexity index is 154. The van der Waals surface area contributed by atoms with Crippen LogP contribution in [0.5, 0.6) is 0 Å². The van der Waals surface area contributed by atoms with Gasteiger partial charge in [0.05, 0.1) is 0 Å². The van der Waals surface area contributed by atoms with Crippen molar-refractivity contribution in [3.05, 3.63) is 12.7 Å². The first-order valence-electron chi connectivity index (χ1n) is 2.88. The summed E-state index contributed by atoms with van der Waals surface area (Å²) in [6.45, 7) is 3.44. The van der Waals surface area contributed by atoms with Gasteiger partial charge in [-0.15, -0.1) is 6.58 Å². The number of carbonyl (C=O) groups is 1. The fraction of sp³-hybridized carbons (Fsp3) is 0.500. The average Bonchev–Trinajstić information content (AvgIpc) is 2.34. The highest BCUT2D eigenvalue weighted by molar-refractivity contribution is 5.62. The van der Waals surface area contributed by atoms with Gasteiger partial charge in [-0.1, -0.05) is 6.08 Å². The highest BCUT2D eigenvalue weighted by Crippen LogP contribution is 2.10. The van der Waals surface area contributed by atoms with Crippen molar-refractivity contribution < 1.29 is 19.4 Å². The van der Waals surface area contributed by atoms with E-state index in [1.54, 1.807) is 0 Å². The summed E-state index contributed by atoms with van der Waals surface area (Å²) in [5, 5.41) is 9.00. The van der Waals surface area contributed by atoms with Crippen LogP contribution in [-0.2, 0) is 9.47 Å². The molecule has 0 saturated carbocycles. The zero-order valence-corrected chi connectivity index (χ0v) is 5.32. The third kappa shape index (κ3) is 1.27. The van der Waals surface area contributed by atoms with E-state index in [1.165, 1.54) is 6.08 Å². The number of ether oxygens (including phenoxy) is 2. The van der Waals surface area contributed by atoms with Crippen LogP contribution in [0.4, 0.5) is 4.79 Å². The van der Waals surface area contributed by atoms with Gasteiger partial charge in [-0.2, -0.15) is 0 Å². The number of rotatable bonds is 2. The molecule has 4 nitrogen and oxygen atoms in total. The average molecular weight is 144 g/mol. The van der Waals surface area contributed by atoms with Gasteiger partial charge in [-0.25, -0.2) is 4.79 Å². The van der Waals surface area contributed by atoms with Crippen molar-refractivity contribution in [2.45, 2.75) is 12.2 Å². The second kappa shape index (κ2) is 2.70. The molecule has 2 unspecified atom stereocenters. The van der Waals surface area contributed by atoms with E-state index in [0.29, 0.717) is 0 Å². The third-order valence-corrected chi connectivity index (χ3v) is 1.24. The molecule has 1 heterocycles. The van der Waals surface area contributed by atoms with Crippen LogP contribution in [0.3, 0.4) is 0 Å². The van der Waals surface area contributed by atoms with Crippen LogP contribution in [0.25, 0.3) is 0 Å². The van der Waals surface area contributed by atoms with Crippen molar-refractivity contribution in [1.82, 2.24) is 0 Å². The molecule has 1 aliphatic rings. The van der Waals surface area contributed by atoms with E-state index >= 15 is 0 Å². The molecular weight excluding hydrogens is 136 g/mol. The Morgan fingerprint density at radius 2 is 2.60 bits per heavy atom. The van der Waals surface area contributed by atoms with Gasteiger partial charge < -0.3 is 14.6 Å². The molecule has 56 valence electrons. The number of hydrogen-bond donors (Lipinski definition) is 1. The fourth-order valence-corrected chi connectivity index (χ4v) is 0.662. The summed E-state index contributed by atoms with van der Waals surface area (Å²) in [6, 6.07) is 0. The number of carbonyl (C=O) groups excluding carboxylic acids is 1. The zero-order valence-electron chi connectivity index (χ0n) is 5.32. The minimum absolute atomic E-state index is 0.103. The third-order valence-electron chi connectivity index (χ3n) is 1.24. The normalized spacial score (nSPS) is 26.9. The second-order valence-corrected chi connectivity index (χ2v) is 1.94. The van der Waals surface area contributed by atoms with E-state index in [4.69, 9.17) is 5.11 Å². The first-order chi connectivity index (χ1) is 4.74. The van der Waals surface area contributed by atoms with Gasteiger partial charge in [-0.3, -0.25) is 0 Å². The second-order valence-electron chi connectivity index (χ2n) is 1.94. The summed E-state index contributed by atoms with van der Waals surface area (Å²) in [4.78, 5) is 10.3. The largest absolute Gasteiger partial charge is 0.508 e. The topological polar surface area (TPSA) is 55.8 Å². The van der Waals surface area contributed by atoms with Crippen LogP contribution < -0.4 is 0 Å². The van der Waals surface area contributed by atoms with Gasteiger partial charge in [0.2, 0.25) is 0 Å². The number of cyclic esters (lactones) is 2. The molecule has 1 rings (SSSR count). The Hall–Kier alpha value is -1.03. The molecule has 1 fully saturated rings. The molecule has 0 aromatic carbocycles. The summed E-state index contributed by atoms with van der Waals surface area (Å²) in [7, 11) is 0. The van der Waals surface area contributed by atoms with Crippen LogP contribution in [-0.4, -0.2) is 30.1 Å². The van der Waals surface area contributed by atoms with Gasteiger partial charge in [0, 0.05) is 0 Å². The van der Waals surface area contributed by atoms with Crippen LogP contribution in [0.15, 0.2) is 12.7 Å². The summed E-state index contributed by atoms with van der Waals surface area (Å²) in [5.41, 5.74) is 0. The van der Waals surface area contributed by atoms with Crippen LogP contribution in [0, 0.1) is 0 Å². The molecule has 0 spiro atoms. The number of hydrogen-bond acceptors (Lipinski definition) is 4. The van der Waals surface area contributed by atoms with Crippen molar-refractivity contribution >= 4 is 6.16 Å². The molecule has 0 aromatic heterocycles. The van der Waals surface area contributed by atoms with Gasteiger partial charge in [0.1, 0.15) is 12.7 Å².